The number of hydrogen-bond donors (Lipinski definition) is 0. The zero-order chi connectivity index (χ0) is 8.15. The highest BCUT2D eigenvalue weighted by molar-refractivity contribution is 5.80. The maximum atomic E-state index is 10.9. The van der Waals surface area contributed by atoms with Crippen molar-refractivity contribution >= 4 is 5.78 Å². The SMILES string of the molecule is CCC(=O)CN(C)C(C)C. The maximum Gasteiger partial charge on any atom is 0.146 e. The fourth-order valence-corrected chi connectivity index (χ4v) is 0.573. The quantitative estimate of drug-likeness (QED) is 0.591. The van der Waals surface area contributed by atoms with Gasteiger partial charge < -0.3 is 0 Å². The molecule has 0 heterocycles. The molecule has 0 aromatic rings. The fraction of sp³-hybridized carbons (Fsp3) is 0.875. The van der Waals surface area contributed by atoms with Crippen molar-refractivity contribution in [3.05, 3.63) is 0 Å². The van der Waals surface area contributed by atoms with Crippen LogP contribution in [0.4, 0.5) is 0 Å². The summed E-state index contributed by atoms with van der Waals surface area (Å²) in [5.74, 6) is 0.316. The summed E-state index contributed by atoms with van der Waals surface area (Å²) in [6, 6.07) is 0.468. The molecule has 0 bridgehead atoms. The van der Waals surface area contributed by atoms with E-state index in [1.165, 1.54) is 0 Å². The predicted octanol–water partition coefficient (Wildman–Crippen LogP) is 1.31. The monoisotopic (exact) mass is 143 g/mol. The largest absolute Gasteiger partial charge is 0.298 e. The highest BCUT2D eigenvalue weighted by Gasteiger charge is 2.06. The Morgan fingerprint density at radius 3 is 2.30 bits per heavy atom. The van der Waals surface area contributed by atoms with E-state index < -0.39 is 0 Å². The van der Waals surface area contributed by atoms with Crippen LogP contribution in [0.3, 0.4) is 0 Å². The average molecular weight is 143 g/mol. The van der Waals surface area contributed by atoms with Crippen LogP contribution in [0, 0.1) is 0 Å². The van der Waals surface area contributed by atoms with Crippen LogP contribution in [0.2, 0.25) is 0 Å². The first-order valence-corrected chi connectivity index (χ1v) is 3.79. The van der Waals surface area contributed by atoms with E-state index in [0.29, 0.717) is 24.8 Å². The molecule has 0 amide bonds. The Bertz CT molecular complexity index is 110. The number of nitrogens with zero attached hydrogens (tertiary/aromatic N) is 1. The molecular formula is C8H17NO. The van der Waals surface area contributed by atoms with Crippen LogP contribution in [-0.2, 0) is 4.79 Å². The highest BCUT2D eigenvalue weighted by atomic mass is 16.1. The molecule has 0 saturated carbocycles. The van der Waals surface area contributed by atoms with Crippen LogP contribution in [0.1, 0.15) is 27.2 Å². The first-order valence-electron chi connectivity index (χ1n) is 3.79. The van der Waals surface area contributed by atoms with Gasteiger partial charge in [-0.1, -0.05) is 6.92 Å². The van der Waals surface area contributed by atoms with Crippen LogP contribution >= 0.6 is 0 Å². The second-order valence-electron chi connectivity index (χ2n) is 2.90. The Labute approximate surface area is 63.2 Å². The summed E-state index contributed by atoms with van der Waals surface area (Å²) in [6.45, 7) is 6.66. The second-order valence-corrected chi connectivity index (χ2v) is 2.90. The molecule has 0 saturated heterocycles. The van der Waals surface area contributed by atoms with Gasteiger partial charge in [-0.2, -0.15) is 0 Å². The van der Waals surface area contributed by atoms with Gasteiger partial charge in [0.1, 0.15) is 5.78 Å². The van der Waals surface area contributed by atoms with Crippen molar-refractivity contribution in [3.8, 4) is 0 Å². The molecule has 60 valence electrons. The maximum absolute atomic E-state index is 10.9. The van der Waals surface area contributed by atoms with Crippen LogP contribution in [0.5, 0.6) is 0 Å². The summed E-state index contributed by atoms with van der Waals surface area (Å²) >= 11 is 0. The van der Waals surface area contributed by atoms with E-state index in [1.54, 1.807) is 0 Å². The van der Waals surface area contributed by atoms with Crippen molar-refractivity contribution in [1.82, 2.24) is 4.90 Å². The predicted molar refractivity (Wildman–Crippen MR) is 43.1 cm³/mol. The lowest BCUT2D eigenvalue weighted by Crippen LogP contribution is -2.31. The minimum atomic E-state index is 0.316. The zero-order valence-electron chi connectivity index (χ0n) is 7.35. The Morgan fingerprint density at radius 1 is 1.50 bits per heavy atom. The third-order valence-electron chi connectivity index (χ3n) is 1.70. The number of hydrogen-bond acceptors (Lipinski definition) is 2. The van der Waals surface area contributed by atoms with Crippen LogP contribution in [0.25, 0.3) is 0 Å². The van der Waals surface area contributed by atoms with Crippen LogP contribution < -0.4 is 0 Å². The number of carbonyl (C=O) groups is 1. The lowest BCUT2D eigenvalue weighted by atomic mass is 10.2. The molecule has 2 nitrogen and oxygen atoms in total. The first-order chi connectivity index (χ1) is 4.57. The molecule has 0 radical (unpaired) electrons. The molecule has 2 heteroatoms. The average Bonchev–Trinajstić information content (AvgIpc) is 1.87. The molecule has 0 spiro atoms. The van der Waals surface area contributed by atoms with Crippen molar-refractivity contribution in [1.29, 1.82) is 0 Å². The number of likely N-dealkylation sites (N-methyl/N-ethyl adjacent to an activating group) is 1. The first kappa shape index (κ1) is 9.63. The van der Waals surface area contributed by atoms with Crippen LogP contribution in [0.15, 0.2) is 0 Å². The lowest BCUT2D eigenvalue weighted by molar-refractivity contribution is -0.119. The summed E-state index contributed by atoms with van der Waals surface area (Å²) in [6.07, 6.45) is 0.650. The molecule has 0 fully saturated rings. The summed E-state index contributed by atoms with van der Waals surface area (Å²) in [5, 5.41) is 0. The normalized spacial score (nSPS) is 11.0. The molecule has 0 aliphatic rings. The van der Waals surface area contributed by atoms with Gasteiger partial charge in [-0.25, -0.2) is 0 Å². The van der Waals surface area contributed by atoms with Gasteiger partial charge in [0.05, 0.1) is 6.54 Å². The van der Waals surface area contributed by atoms with E-state index in [2.05, 4.69) is 13.8 Å². The Morgan fingerprint density at radius 2 is 2.00 bits per heavy atom. The van der Waals surface area contributed by atoms with Crippen molar-refractivity contribution in [2.24, 2.45) is 0 Å². The Hall–Kier alpha value is -0.370. The smallest absolute Gasteiger partial charge is 0.146 e. The third-order valence-corrected chi connectivity index (χ3v) is 1.70. The third kappa shape index (κ3) is 3.62. The van der Waals surface area contributed by atoms with Gasteiger partial charge in [-0.15, -0.1) is 0 Å². The fourth-order valence-electron chi connectivity index (χ4n) is 0.573. The summed E-state index contributed by atoms with van der Waals surface area (Å²) in [5.41, 5.74) is 0. The van der Waals surface area contributed by atoms with E-state index in [4.69, 9.17) is 0 Å². The Balaban J connectivity index is 3.57. The van der Waals surface area contributed by atoms with Crippen molar-refractivity contribution < 1.29 is 4.79 Å². The van der Waals surface area contributed by atoms with Gasteiger partial charge in [0, 0.05) is 12.5 Å². The van der Waals surface area contributed by atoms with Gasteiger partial charge in [-0.05, 0) is 20.9 Å². The molecule has 0 aliphatic carbocycles. The van der Waals surface area contributed by atoms with E-state index in [9.17, 15) is 4.79 Å². The molecule has 0 aliphatic heterocycles. The molecule has 0 atom stereocenters. The second kappa shape index (κ2) is 4.45. The molecule has 10 heavy (non-hydrogen) atoms. The summed E-state index contributed by atoms with van der Waals surface area (Å²) < 4.78 is 0. The van der Waals surface area contributed by atoms with Crippen molar-refractivity contribution in [3.63, 3.8) is 0 Å². The lowest BCUT2D eigenvalue weighted by Gasteiger charge is -2.19. The van der Waals surface area contributed by atoms with Gasteiger partial charge in [0.15, 0.2) is 0 Å². The van der Waals surface area contributed by atoms with Gasteiger partial charge in [0.2, 0.25) is 0 Å². The summed E-state index contributed by atoms with van der Waals surface area (Å²) in [4.78, 5) is 12.9. The molecule has 0 aromatic heterocycles. The zero-order valence-corrected chi connectivity index (χ0v) is 7.35. The number of Topliss-reactive ketones (excluding diaryl/α,β-unsaturated/α-hetero) is 1. The van der Waals surface area contributed by atoms with Gasteiger partial charge in [0.25, 0.3) is 0 Å². The van der Waals surface area contributed by atoms with Crippen LogP contribution in [-0.4, -0.2) is 30.3 Å². The molecule has 0 aromatic carbocycles. The minimum absolute atomic E-state index is 0.316. The van der Waals surface area contributed by atoms with E-state index in [0.717, 1.165) is 0 Å². The van der Waals surface area contributed by atoms with Crippen molar-refractivity contribution in [2.75, 3.05) is 13.6 Å². The topological polar surface area (TPSA) is 20.3 Å². The number of ketones is 1. The minimum Gasteiger partial charge on any atom is -0.298 e. The van der Waals surface area contributed by atoms with E-state index >= 15 is 0 Å². The Kier molecular flexibility index (Phi) is 4.28. The van der Waals surface area contributed by atoms with Gasteiger partial charge in [-0.3, -0.25) is 9.69 Å². The molecular weight excluding hydrogens is 126 g/mol. The number of rotatable bonds is 4. The molecule has 0 rings (SSSR count). The molecule has 0 unspecified atom stereocenters. The van der Waals surface area contributed by atoms with E-state index in [-0.39, 0.29) is 0 Å². The standard InChI is InChI=1S/C8H17NO/c1-5-8(10)6-9(4)7(2)3/h7H,5-6H2,1-4H3. The summed E-state index contributed by atoms with van der Waals surface area (Å²) in [7, 11) is 1.97. The highest BCUT2D eigenvalue weighted by Crippen LogP contribution is 1.93. The molecule has 0 N–H and O–H groups in total. The van der Waals surface area contributed by atoms with Crippen molar-refractivity contribution in [2.45, 2.75) is 33.2 Å². The van der Waals surface area contributed by atoms with Gasteiger partial charge >= 0.3 is 0 Å². The number of carbonyl (C=O) groups excluding carboxylic acids is 1. The van der Waals surface area contributed by atoms with E-state index in [1.807, 2.05) is 18.9 Å².